The Bertz CT molecular complexity index is 420. The largest absolute Gasteiger partial charge is 0.453 e. The van der Waals surface area contributed by atoms with E-state index in [0.717, 1.165) is 0 Å². The van der Waals surface area contributed by atoms with Gasteiger partial charge in [0.1, 0.15) is 5.82 Å². The lowest BCUT2D eigenvalue weighted by molar-refractivity contribution is -0.153. The Morgan fingerprint density at radius 1 is 1.50 bits per heavy atom. The highest BCUT2D eigenvalue weighted by molar-refractivity contribution is 6.30. The summed E-state index contributed by atoms with van der Waals surface area (Å²) in [5.41, 5.74) is 0. The third-order valence-corrected chi connectivity index (χ3v) is 2.33. The molecule has 0 aliphatic rings. The highest BCUT2D eigenvalue weighted by Gasteiger charge is 2.17. The SMILES string of the molecule is CCCC(=O)O[C@@H](C)C(=O)Nc1ccc(Cl)cn1. The summed E-state index contributed by atoms with van der Waals surface area (Å²) in [6, 6.07) is 3.18. The normalized spacial score (nSPS) is 11.7. The number of hydrogen-bond donors (Lipinski definition) is 1. The summed E-state index contributed by atoms with van der Waals surface area (Å²) in [6.07, 6.45) is 1.56. The predicted octanol–water partition coefficient (Wildman–Crippen LogP) is 2.41. The van der Waals surface area contributed by atoms with E-state index in [2.05, 4.69) is 10.3 Å². The number of halogens is 1. The Morgan fingerprint density at radius 3 is 2.78 bits per heavy atom. The molecule has 1 atom stereocenters. The van der Waals surface area contributed by atoms with E-state index in [1.54, 1.807) is 12.1 Å². The van der Waals surface area contributed by atoms with Crippen LogP contribution in [0.5, 0.6) is 0 Å². The van der Waals surface area contributed by atoms with Crippen molar-refractivity contribution in [2.45, 2.75) is 32.8 Å². The number of aromatic nitrogens is 1. The van der Waals surface area contributed by atoms with Crippen molar-refractivity contribution in [1.82, 2.24) is 4.98 Å². The molecular weight excluding hydrogens is 256 g/mol. The number of nitrogens with one attached hydrogen (secondary N) is 1. The molecule has 0 aliphatic carbocycles. The second-order valence-electron chi connectivity index (χ2n) is 3.73. The fraction of sp³-hybridized carbons (Fsp3) is 0.417. The molecule has 0 radical (unpaired) electrons. The van der Waals surface area contributed by atoms with Crippen molar-refractivity contribution in [2.24, 2.45) is 0 Å². The first-order valence-corrected chi connectivity index (χ1v) is 6.02. The van der Waals surface area contributed by atoms with E-state index in [0.29, 0.717) is 23.7 Å². The molecule has 0 spiro atoms. The Balaban J connectivity index is 2.49. The van der Waals surface area contributed by atoms with Crippen LogP contribution in [-0.4, -0.2) is 23.0 Å². The molecule has 1 aromatic rings. The molecule has 98 valence electrons. The Kier molecular flexibility index (Phi) is 5.58. The number of amides is 1. The Labute approximate surface area is 110 Å². The zero-order valence-electron chi connectivity index (χ0n) is 10.3. The molecular formula is C12H15ClN2O3. The third-order valence-electron chi connectivity index (χ3n) is 2.11. The van der Waals surface area contributed by atoms with E-state index >= 15 is 0 Å². The van der Waals surface area contributed by atoms with Crippen molar-refractivity contribution < 1.29 is 14.3 Å². The summed E-state index contributed by atoms with van der Waals surface area (Å²) in [5, 5.41) is 3.01. The number of rotatable bonds is 5. The van der Waals surface area contributed by atoms with Crippen molar-refractivity contribution in [3.63, 3.8) is 0 Å². The van der Waals surface area contributed by atoms with Crippen molar-refractivity contribution >= 4 is 29.3 Å². The Morgan fingerprint density at radius 2 is 2.22 bits per heavy atom. The molecule has 0 fully saturated rings. The van der Waals surface area contributed by atoms with Crippen LogP contribution < -0.4 is 5.32 Å². The summed E-state index contributed by atoms with van der Waals surface area (Å²) in [5.74, 6) is -0.443. The van der Waals surface area contributed by atoms with Crippen LogP contribution >= 0.6 is 11.6 Å². The molecule has 1 rings (SSSR count). The number of carbonyl (C=O) groups excluding carboxylic acids is 2. The van der Waals surface area contributed by atoms with Gasteiger partial charge in [0.05, 0.1) is 5.02 Å². The van der Waals surface area contributed by atoms with Gasteiger partial charge >= 0.3 is 5.97 Å². The van der Waals surface area contributed by atoms with Crippen molar-refractivity contribution in [3.8, 4) is 0 Å². The van der Waals surface area contributed by atoms with Gasteiger partial charge in [-0.25, -0.2) is 4.98 Å². The quantitative estimate of drug-likeness (QED) is 0.834. The van der Waals surface area contributed by atoms with Gasteiger partial charge in [-0.2, -0.15) is 0 Å². The molecule has 0 saturated carbocycles. The second kappa shape index (κ2) is 6.96. The molecule has 18 heavy (non-hydrogen) atoms. The lowest BCUT2D eigenvalue weighted by Gasteiger charge is -2.12. The minimum Gasteiger partial charge on any atom is -0.453 e. The van der Waals surface area contributed by atoms with Gasteiger partial charge in [-0.1, -0.05) is 18.5 Å². The topological polar surface area (TPSA) is 68.3 Å². The maximum Gasteiger partial charge on any atom is 0.306 e. The molecule has 1 aromatic heterocycles. The van der Waals surface area contributed by atoms with Crippen molar-refractivity contribution in [1.29, 1.82) is 0 Å². The van der Waals surface area contributed by atoms with E-state index in [1.165, 1.54) is 13.1 Å². The van der Waals surface area contributed by atoms with Gasteiger partial charge in [0.15, 0.2) is 6.10 Å². The van der Waals surface area contributed by atoms with Gasteiger partial charge in [0.2, 0.25) is 0 Å². The lowest BCUT2D eigenvalue weighted by atomic mass is 10.3. The molecule has 6 heteroatoms. The zero-order valence-corrected chi connectivity index (χ0v) is 11.0. The summed E-state index contributed by atoms with van der Waals surface area (Å²) in [7, 11) is 0. The standard InChI is InChI=1S/C12H15ClN2O3/c1-3-4-11(16)18-8(2)12(17)15-10-6-5-9(13)7-14-10/h5-8H,3-4H2,1-2H3,(H,14,15,17)/t8-/m0/s1. The molecule has 0 bridgehead atoms. The van der Waals surface area contributed by atoms with E-state index in [-0.39, 0.29) is 5.97 Å². The molecule has 0 unspecified atom stereocenters. The smallest absolute Gasteiger partial charge is 0.306 e. The summed E-state index contributed by atoms with van der Waals surface area (Å²) >= 11 is 5.67. The molecule has 1 heterocycles. The fourth-order valence-corrected chi connectivity index (χ4v) is 1.30. The maximum atomic E-state index is 11.7. The van der Waals surface area contributed by atoms with Gasteiger partial charge in [0, 0.05) is 12.6 Å². The summed E-state index contributed by atoms with van der Waals surface area (Å²) in [6.45, 7) is 3.38. The molecule has 0 saturated heterocycles. The van der Waals surface area contributed by atoms with Crippen LogP contribution in [0, 0.1) is 0 Å². The monoisotopic (exact) mass is 270 g/mol. The third kappa shape index (κ3) is 4.71. The molecule has 1 amide bonds. The summed E-state index contributed by atoms with van der Waals surface area (Å²) < 4.78 is 4.94. The average Bonchev–Trinajstić information content (AvgIpc) is 2.32. The number of pyridine rings is 1. The van der Waals surface area contributed by atoms with Gasteiger partial charge in [-0.15, -0.1) is 0 Å². The minimum atomic E-state index is -0.846. The van der Waals surface area contributed by atoms with E-state index < -0.39 is 12.0 Å². The van der Waals surface area contributed by atoms with Crippen LogP contribution in [-0.2, 0) is 14.3 Å². The molecule has 5 nitrogen and oxygen atoms in total. The van der Waals surface area contributed by atoms with Gasteiger partial charge in [-0.05, 0) is 25.5 Å². The van der Waals surface area contributed by atoms with Gasteiger partial charge < -0.3 is 10.1 Å². The molecule has 0 aromatic carbocycles. The highest BCUT2D eigenvalue weighted by atomic mass is 35.5. The fourth-order valence-electron chi connectivity index (χ4n) is 1.19. The number of ether oxygens (including phenoxy) is 1. The number of anilines is 1. The van der Waals surface area contributed by atoms with Crippen molar-refractivity contribution in [2.75, 3.05) is 5.32 Å². The van der Waals surface area contributed by atoms with Crippen LogP contribution in [0.15, 0.2) is 18.3 Å². The first kappa shape index (κ1) is 14.4. The van der Waals surface area contributed by atoms with Gasteiger partial charge in [-0.3, -0.25) is 9.59 Å². The maximum absolute atomic E-state index is 11.7. The number of nitrogens with zero attached hydrogens (tertiary/aromatic N) is 1. The predicted molar refractivity (Wildman–Crippen MR) is 68.3 cm³/mol. The van der Waals surface area contributed by atoms with Gasteiger partial charge in [0.25, 0.3) is 5.91 Å². The minimum absolute atomic E-state index is 0.302. The molecule has 0 aliphatic heterocycles. The first-order valence-electron chi connectivity index (χ1n) is 5.64. The van der Waals surface area contributed by atoms with Crippen LogP contribution in [0.25, 0.3) is 0 Å². The number of hydrogen-bond acceptors (Lipinski definition) is 4. The van der Waals surface area contributed by atoms with E-state index in [1.807, 2.05) is 6.92 Å². The van der Waals surface area contributed by atoms with Crippen LogP contribution in [0.2, 0.25) is 5.02 Å². The zero-order chi connectivity index (χ0) is 13.5. The van der Waals surface area contributed by atoms with Crippen LogP contribution in [0.1, 0.15) is 26.7 Å². The lowest BCUT2D eigenvalue weighted by Crippen LogP contribution is -2.30. The van der Waals surface area contributed by atoms with Crippen molar-refractivity contribution in [3.05, 3.63) is 23.4 Å². The average molecular weight is 271 g/mol. The van der Waals surface area contributed by atoms with Crippen LogP contribution in [0.3, 0.4) is 0 Å². The van der Waals surface area contributed by atoms with Crippen LogP contribution in [0.4, 0.5) is 5.82 Å². The van der Waals surface area contributed by atoms with E-state index in [9.17, 15) is 9.59 Å². The molecule has 1 N–H and O–H groups in total. The summed E-state index contributed by atoms with van der Waals surface area (Å²) in [4.78, 5) is 26.8. The second-order valence-corrected chi connectivity index (χ2v) is 4.17. The number of carbonyl (C=O) groups is 2. The van der Waals surface area contributed by atoms with E-state index in [4.69, 9.17) is 16.3 Å². The number of esters is 1. The first-order chi connectivity index (χ1) is 8.52. The Hall–Kier alpha value is -1.62. The highest BCUT2D eigenvalue weighted by Crippen LogP contribution is 2.10.